The molecule has 14 heteroatoms. The van der Waals surface area contributed by atoms with Gasteiger partial charge in [-0.15, -0.1) is 11.8 Å². The van der Waals surface area contributed by atoms with Crippen molar-refractivity contribution in [1.82, 2.24) is 13.8 Å². The molecule has 0 spiro atoms. The normalized spacial score (nSPS) is 15.5. The minimum absolute atomic E-state index is 0.0117. The van der Waals surface area contributed by atoms with Gasteiger partial charge in [0.15, 0.2) is 11.6 Å². The SMILES string of the molecule is CCOC(=O)CCc1cccc2c1OCCC2(C)n1nccc1-c1cc(Oc2c(F)c(F)c3c(ccn3S(=O)(=O)c3ccc(C)cc3)c2SC)ccc1F. The molecule has 9 nitrogen and oxygen atoms in total. The lowest BCUT2D eigenvalue weighted by Crippen LogP contribution is -2.38. The van der Waals surface area contributed by atoms with Gasteiger partial charge in [0.05, 0.1) is 34.2 Å². The van der Waals surface area contributed by atoms with Gasteiger partial charge in [-0.05, 0) is 81.5 Å². The van der Waals surface area contributed by atoms with Crippen molar-refractivity contribution in [2.24, 2.45) is 0 Å². The molecule has 3 heterocycles. The van der Waals surface area contributed by atoms with Crippen LogP contribution < -0.4 is 9.47 Å². The molecule has 0 saturated carbocycles. The number of para-hydroxylation sites is 1. The van der Waals surface area contributed by atoms with Gasteiger partial charge in [-0.2, -0.15) is 9.49 Å². The van der Waals surface area contributed by atoms with Crippen molar-refractivity contribution in [2.45, 2.75) is 55.4 Å². The number of aromatic nitrogens is 3. The lowest BCUT2D eigenvalue weighted by molar-refractivity contribution is -0.143. The summed E-state index contributed by atoms with van der Waals surface area (Å²) in [7, 11) is -4.28. The molecule has 1 unspecified atom stereocenters. The smallest absolute Gasteiger partial charge is 0.306 e. The van der Waals surface area contributed by atoms with Gasteiger partial charge in [0.2, 0.25) is 5.82 Å². The molecule has 0 N–H and O–H groups in total. The highest BCUT2D eigenvalue weighted by molar-refractivity contribution is 7.99. The number of carbonyl (C=O) groups is 1. The molecule has 4 aromatic carbocycles. The quantitative estimate of drug-likeness (QED) is 0.0950. The molecule has 0 bridgehead atoms. The summed E-state index contributed by atoms with van der Waals surface area (Å²) >= 11 is 1.05. The first-order valence-corrected chi connectivity index (χ1v) is 19.9. The number of hydrogen-bond donors (Lipinski definition) is 0. The number of rotatable bonds is 11. The van der Waals surface area contributed by atoms with Crippen molar-refractivity contribution in [3.05, 3.63) is 119 Å². The monoisotopic (exact) mass is 775 g/mol. The summed E-state index contributed by atoms with van der Waals surface area (Å²) in [6.45, 7) is 6.16. The van der Waals surface area contributed by atoms with Crippen molar-refractivity contribution in [3.8, 4) is 28.5 Å². The van der Waals surface area contributed by atoms with Gasteiger partial charge in [-0.1, -0.05) is 35.9 Å². The predicted molar refractivity (Wildman–Crippen MR) is 199 cm³/mol. The fraction of sp³-hybridized carbons (Fsp3) is 0.250. The van der Waals surface area contributed by atoms with E-state index < -0.39 is 44.3 Å². The van der Waals surface area contributed by atoms with Crippen LogP contribution in [-0.4, -0.2) is 47.6 Å². The Balaban J connectivity index is 1.25. The Hall–Kier alpha value is -5.21. The number of halogens is 3. The maximum absolute atomic E-state index is 16.0. The molecule has 0 radical (unpaired) electrons. The van der Waals surface area contributed by atoms with Gasteiger partial charge in [-0.3, -0.25) is 9.48 Å². The maximum atomic E-state index is 16.0. The van der Waals surface area contributed by atoms with Crippen molar-refractivity contribution < 1.29 is 40.6 Å². The number of benzene rings is 4. The third-order valence-corrected chi connectivity index (χ3v) is 12.1. The van der Waals surface area contributed by atoms with Crippen LogP contribution in [-0.2, 0) is 31.5 Å². The van der Waals surface area contributed by atoms with Gasteiger partial charge in [-0.25, -0.2) is 21.2 Å². The molecule has 1 atom stereocenters. The molecule has 54 heavy (non-hydrogen) atoms. The number of hydrogen-bond acceptors (Lipinski definition) is 8. The molecule has 6 aromatic rings. The standard InChI is InChI=1S/C40H36F3N3O6S2/c1-5-50-33(47)16-11-25-7-6-8-30-37(25)51-22-19-40(30,3)46-32(17-20-44-46)29-23-26(12-15-31(29)41)52-38-35(43)34(42)36-28(39(38)53-4)18-21-45(36)54(48,49)27-13-9-24(2)10-14-27/h6-10,12-15,17-18,20-21,23H,5,11,16,19,22H2,1-4H3. The fourth-order valence-electron chi connectivity index (χ4n) is 6.89. The van der Waals surface area contributed by atoms with Crippen molar-refractivity contribution in [1.29, 1.82) is 0 Å². The van der Waals surface area contributed by atoms with Gasteiger partial charge in [0.25, 0.3) is 10.0 Å². The van der Waals surface area contributed by atoms with Gasteiger partial charge in [0, 0.05) is 41.7 Å². The zero-order valence-electron chi connectivity index (χ0n) is 29.9. The number of fused-ring (bicyclic) bond motifs is 2. The van der Waals surface area contributed by atoms with E-state index >= 15 is 13.2 Å². The van der Waals surface area contributed by atoms with Crippen molar-refractivity contribution in [3.63, 3.8) is 0 Å². The molecule has 0 fully saturated rings. The highest BCUT2D eigenvalue weighted by Crippen LogP contribution is 2.46. The van der Waals surface area contributed by atoms with E-state index in [0.717, 1.165) is 32.4 Å². The van der Waals surface area contributed by atoms with Gasteiger partial charge in [0.1, 0.15) is 22.8 Å². The molecule has 1 aliphatic heterocycles. The molecular weight excluding hydrogens is 740 g/mol. The highest BCUT2D eigenvalue weighted by Gasteiger charge is 2.39. The minimum atomic E-state index is -4.28. The number of thioether (sulfide) groups is 1. The number of ether oxygens (including phenoxy) is 3. The Labute approximate surface area is 314 Å². The van der Waals surface area contributed by atoms with E-state index in [4.69, 9.17) is 14.2 Å². The molecule has 280 valence electrons. The predicted octanol–water partition coefficient (Wildman–Crippen LogP) is 9.02. The van der Waals surface area contributed by atoms with Gasteiger partial charge >= 0.3 is 5.97 Å². The summed E-state index contributed by atoms with van der Waals surface area (Å²) in [5.74, 6) is -3.54. The molecule has 0 amide bonds. The van der Waals surface area contributed by atoms with E-state index in [9.17, 15) is 13.2 Å². The zero-order chi connectivity index (χ0) is 38.4. The Kier molecular flexibility index (Phi) is 10.0. The van der Waals surface area contributed by atoms with Crippen molar-refractivity contribution in [2.75, 3.05) is 19.5 Å². The number of nitrogens with zero attached hydrogens (tertiary/aromatic N) is 3. The summed E-state index contributed by atoms with van der Waals surface area (Å²) in [5.41, 5.74) is 1.72. The Morgan fingerprint density at radius 3 is 2.56 bits per heavy atom. The van der Waals surface area contributed by atoms with Crippen LogP contribution in [0, 0.1) is 24.4 Å². The summed E-state index contributed by atoms with van der Waals surface area (Å²) in [4.78, 5) is 12.2. The van der Waals surface area contributed by atoms with Crippen LogP contribution in [0.15, 0.2) is 95.0 Å². The largest absolute Gasteiger partial charge is 0.493 e. The Morgan fingerprint density at radius 2 is 1.81 bits per heavy atom. The van der Waals surface area contributed by atoms with E-state index in [1.807, 2.05) is 25.1 Å². The molecular formula is C40H36F3N3O6S2. The van der Waals surface area contributed by atoms with Crippen LogP contribution in [0.2, 0.25) is 0 Å². The Morgan fingerprint density at radius 1 is 1.04 bits per heavy atom. The summed E-state index contributed by atoms with van der Waals surface area (Å²) in [5, 5.41) is 4.75. The van der Waals surface area contributed by atoms with E-state index in [1.165, 1.54) is 42.6 Å². The first-order chi connectivity index (χ1) is 25.9. The minimum Gasteiger partial charge on any atom is -0.493 e. The average molecular weight is 776 g/mol. The average Bonchev–Trinajstić information content (AvgIpc) is 3.84. The van der Waals surface area contributed by atoms with E-state index in [-0.39, 0.29) is 38.9 Å². The van der Waals surface area contributed by atoms with Crippen LogP contribution in [0.4, 0.5) is 13.2 Å². The van der Waals surface area contributed by atoms with E-state index in [1.54, 1.807) is 49.2 Å². The maximum Gasteiger partial charge on any atom is 0.306 e. The van der Waals surface area contributed by atoms with Crippen LogP contribution in [0.3, 0.4) is 0 Å². The molecule has 1 aliphatic rings. The second-order valence-electron chi connectivity index (χ2n) is 13.0. The number of carbonyl (C=O) groups excluding carboxylic acids is 1. The Bertz CT molecular complexity index is 2520. The summed E-state index contributed by atoms with van der Waals surface area (Å²) < 4.78 is 94.5. The highest BCUT2D eigenvalue weighted by atomic mass is 32.2. The van der Waals surface area contributed by atoms with Crippen molar-refractivity contribution >= 4 is 38.7 Å². The zero-order valence-corrected chi connectivity index (χ0v) is 31.5. The number of esters is 1. The van der Waals surface area contributed by atoms with Crippen LogP contribution in [0.25, 0.3) is 22.2 Å². The fourth-order valence-corrected chi connectivity index (χ4v) is 8.94. The first-order valence-electron chi connectivity index (χ1n) is 17.2. The lowest BCUT2D eigenvalue weighted by atomic mass is 9.84. The molecule has 2 aromatic heterocycles. The first kappa shape index (κ1) is 37.1. The topological polar surface area (TPSA) is 102 Å². The van der Waals surface area contributed by atoms with Crippen LogP contribution in [0.5, 0.6) is 17.2 Å². The molecule has 0 saturated heterocycles. The molecule has 7 rings (SSSR count). The second kappa shape index (κ2) is 14.6. The third-order valence-electron chi connectivity index (χ3n) is 9.64. The molecule has 0 aliphatic carbocycles. The second-order valence-corrected chi connectivity index (χ2v) is 15.7. The summed E-state index contributed by atoms with van der Waals surface area (Å²) in [6.07, 6.45) is 5.46. The van der Waals surface area contributed by atoms with Crippen LogP contribution >= 0.6 is 11.8 Å². The number of aryl methyl sites for hydroxylation is 2. The van der Waals surface area contributed by atoms with E-state index in [0.29, 0.717) is 37.5 Å². The van der Waals surface area contributed by atoms with Crippen LogP contribution in [0.1, 0.15) is 43.4 Å². The lowest BCUT2D eigenvalue weighted by Gasteiger charge is -2.38. The third kappa shape index (κ3) is 6.40. The van der Waals surface area contributed by atoms with E-state index in [2.05, 4.69) is 5.10 Å². The summed E-state index contributed by atoms with van der Waals surface area (Å²) in [6, 6.07) is 18.7. The van der Waals surface area contributed by atoms with Gasteiger partial charge < -0.3 is 14.2 Å².